The smallest absolute Gasteiger partial charge is 0.319 e. The first kappa shape index (κ1) is 17.4. The first-order valence-electron chi connectivity index (χ1n) is 6.91. The maximum atomic E-state index is 12.0. The summed E-state index contributed by atoms with van der Waals surface area (Å²) in [5.74, 6) is 0.779. The second-order valence-electron chi connectivity index (χ2n) is 4.98. The Hall–Kier alpha value is -1.98. The summed E-state index contributed by atoms with van der Waals surface area (Å²) in [7, 11) is 1.61. The molecular weight excluding hydrogens is 337 g/mol. The van der Waals surface area contributed by atoms with Crippen molar-refractivity contribution in [1.29, 1.82) is 0 Å². The third kappa shape index (κ3) is 4.27. The van der Waals surface area contributed by atoms with E-state index in [1.165, 1.54) is 0 Å². The highest BCUT2D eigenvalue weighted by atomic mass is 35.5. The van der Waals surface area contributed by atoms with Crippen LogP contribution in [-0.2, 0) is 6.54 Å². The number of methoxy groups -OCH3 is 1. The number of nitrogens with one attached hydrogen (secondary N) is 2. The number of amides is 2. The largest absolute Gasteiger partial charge is 0.496 e. The number of nitrogens with zero attached hydrogens (tertiary/aromatic N) is 1. The Morgan fingerprint density at radius 1 is 1.26 bits per heavy atom. The van der Waals surface area contributed by atoms with E-state index in [0.29, 0.717) is 15.7 Å². The third-order valence-electron chi connectivity index (χ3n) is 3.34. The standard InChI is InChI=1S/C16H17Cl2N3O2/c1-9-7-19-14(10(2)15(9)23-3)8-20-16(22)21-11-4-5-12(17)13(18)6-11/h4-7H,8H2,1-3H3,(H2,20,21,22). The summed E-state index contributed by atoms with van der Waals surface area (Å²) in [6, 6.07) is 4.52. The van der Waals surface area contributed by atoms with Gasteiger partial charge in [0.1, 0.15) is 5.75 Å². The molecule has 0 fully saturated rings. The van der Waals surface area contributed by atoms with Crippen molar-refractivity contribution >= 4 is 34.9 Å². The van der Waals surface area contributed by atoms with Gasteiger partial charge in [0.25, 0.3) is 0 Å². The maximum absolute atomic E-state index is 12.0. The van der Waals surface area contributed by atoms with Crippen molar-refractivity contribution in [3.05, 3.63) is 51.3 Å². The van der Waals surface area contributed by atoms with Gasteiger partial charge in [0.05, 0.1) is 29.4 Å². The monoisotopic (exact) mass is 353 g/mol. The molecular formula is C16H17Cl2N3O2. The Bertz CT molecular complexity index is 736. The molecule has 2 aromatic rings. The number of carbonyl (C=O) groups is 1. The van der Waals surface area contributed by atoms with Crippen LogP contribution in [0.2, 0.25) is 10.0 Å². The van der Waals surface area contributed by atoms with Gasteiger partial charge in [-0.15, -0.1) is 0 Å². The van der Waals surface area contributed by atoms with Crippen molar-refractivity contribution in [2.24, 2.45) is 0 Å². The summed E-state index contributed by atoms with van der Waals surface area (Å²) in [5.41, 5.74) is 3.16. The topological polar surface area (TPSA) is 63.2 Å². The normalized spacial score (nSPS) is 10.3. The zero-order chi connectivity index (χ0) is 17.0. The van der Waals surface area contributed by atoms with Crippen LogP contribution in [0.1, 0.15) is 16.8 Å². The number of aryl methyl sites for hydroxylation is 1. The molecule has 0 radical (unpaired) electrons. The van der Waals surface area contributed by atoms with E-state index < -0.39 is 0 Å². The van der Waals surface area contributed by atoms with Gasteiger partial charge in [0, 0.05) is 23.0 Å². The zero-order valence-corrected chi connectivity index (χ0v) is 14.5. The van der Waals surface area contributed by atoms with Crippen molar-refractivity contribution in [3.63, 3.8) is 0 Å². The van der Waals surface area contributed by atoms with Crippen LogP contribution in [-0.4, -0.2) is 18.1 Å². The van der Waals surface area contributed by atoms with Gasteiger partial charge >= 0.3 is 6.03 Å². The minimum absolute atomic E-state index is 0.287. The van der Waals surface area contributed by atoms with Crippen molar-refractivity contribution in [1.82, 2.24) is 10.3 Å². The molecule has 1 heterocycles. The predicted octanol–water partition coefficient (Wildman–Crippen LogP) is 4.34. The summed E-state index contributed by atoms with van der Waals surface area (Å²) in [6.45, 7) is 4.12. The molecule has 5 nitrogen and oxygen atoms in total. The fraction of sp³-hybridized carbons (Fsp3) is 0.250. The number of hydrogen-bond donors (Lipinski definition) is 2. The molecule has 0 aliphatic carbocycles. The zero-order valence-electron chi connectivity index (χ0n) is 13.0. The lowest BCUT2D eigenvalue weighted by Crippen LogP contribution is -2.28. The van der Waals surface area contributed by atoms with Crippen LogP contribution in [0.4, 0.5) is 10.5 Å². The molecule has 2 N–H and O–H groups in total. The number of hydrogen-bond acceptors (Lipinski definition) is 3. The Labute approximate surface area is 145 Å². The lowest BCUT2D eigenvalue weighted by atomic mass is 10.1. The van der Waals surface area contributed by atoms with Crippen molar-refractivity contribution in [2.75, 3.05) is 12.4 Å². The quantitative estimate of drug-likeness (QED) is 0.859. The van der Waals surface area contributed by atoms with Crippen LogP contribution in [0, 0.1) is 13.8 Å². The van der Waals surface area contributed by atoms with Gasteiger partial charge in [-0.2, -0.15) is 0 Å². The molecule has 0 unspecified atom stereocenters. The van der Waals surface area contributed by atoms with Crippen LogP contribution in [0.3, 0.4) is 0 Å². The Morgan fingerprint density at radius 2 is 2.00 bits per heavy atom. The molecule has 0 atom stereocenters. The second kappa shape index (κ2) is 7.53. The first-order chi connectivity index (χ1) is 10.9. The average Bonchev–Trinajstić information content (AvgIpc) is 2.51. The van der Waals surface area contributed by atoms with Crippen LogP contribution in [0.5, 0.6) is 5.75 Å². The summed E-state index contributed by atoms with van der Waals surface area (Å²) in [6.07, 6.45) is 1.72. The van der Waals surface area contributed by atoms with Gasteiger partial charge in [-0.3, -0.25) is 4.98 Å². The predicted molar refractivity (Wildman–Crippen MR) is 92.6 cm³/mol. The molecule has 1 aromatic carbocycles. The fourth-order valence-corrected chi connectivity index (χ4v) is 2.46. The van der Waals surface area contributed by atoms with E-state index >= 15 is 0 Å². The number of ether oxygens (including phenoxy) is 1. The van der Waals surface area contributed by atoms with E-state index in [0.717, 1.165) is 22.6 Å². The van der Waals surface area contributed by atoms with Crippen LogP contribution in [0.15, 0.2) is 24.4 Å². The maximum Gasteiger partial charge on any atom is 0.319 e. The first-order valence-corrected chi connectivity index (χ1v) is 7.67. The van der Waals surface area contributed by atoms with E-state index in [1.54, 1.807) is 31.5 Å². The molecule has 2 rings (SSSR count). The second-order valence-corrected chi connectivity index (χ2v) is 5.80. The number of carbonyl (C=O) groups excluding carboxylic acids is 1. The lowest BCUT2D eigenvalue weighted by Gasteiger charge is -2.13. The minimum atomic E-state index is -0.357. The SMILES string of the molecule is COc1c(C)cnc(CNC(=O)Nc2ccc(Cl)c(Cl)c2)c1C. The van der Waals surface area contributed by atoms with E-state index in [9.17, 15) is 4.79 Å². The lowest BCUT2D eigenvalue weighted by molar-refractivity contribution is 0.251. The van der Waals surface area contributed by atoms with Gasteiger partial charge in [0.2, 0.25) is 0 Å². The van der Waals surface area contributed by atoms with Crippen molar-refractivity contribution < 1.29 is 9.53 Å². The van der Waals surface area contributed by atoms with Gasteiger partial charge in [0.15, 0.2) is 0 Å². The number of urea groups is 1. The molecule has 0 spiro atoms. The van der Waals surface area contributed by atoms with Gasteiger partial charge in [-0.25, -0.2) is 4.79 Å². The number of rotatable bonds is 4. The van der Waals surface area contributed by atoms with E-state index in [1.807, 2.05) is 13.8 Å². The minimum Gasteiger partial charge on any atom is -0.496 e. The molecule has 122 valence electrons. The Kier molecular flexibility index (Phi) is 5.69. The average molecular weight is 354 g/mol. The molecule has 2 amide bonds. The number of halogens is 2. The molecule has 0 aliphatic rings. The van der Waals surface area contributed by atoms with E-state index in [-0.39, 0.29) is 12.6 Å². The summed E-state index contributed by atoms with van der Waals surface area (Å²) in [4.78, 5) is 16.3. The summed E-state index contributed by atoms with van der Waals surface area (Å²) >= 11 is 11.7. The number of benzene rings is 1. The van der Waals surface area contributed by atoms with Crippen LogP contribution in [0.25, 0.3) is 0 Å². The highest BCUT2D eigenvalue weighted by molar-refractivity contribution is 6.42. The molecule has 0 saturated heterocycles. The highest BCUT2D eigenvalue weighted by Gasteiger charge is 2.11. The number of pyridine rings is 1. The molecule has 0 bridgehead atoms. The van der Waals surface area contributed by atoms with Crippen molar-refractivity contribution in [2.45, 2.75) is 20.4 Å². The Balaban J connectivity index is 2.00. The number of aromatic nitrogens is 1. The highest BCUT2D eigenvalue weighted by Crippen LogP contribution is 2.25. The van der Waals surface area contributed by atoms with E-state index in [4.69, 9.17) is 27.9 Å². The molecule has 0 saturated carbocycles. The van der Waals surface area contributed by atoms with Crippen molar-refractivity contribution in [3.8, 4) is 5.75 Å². The van der Waals surface area contributed by atoms with Crippen LogP contribution >= 0.6 is 23.2 Å². The summed E-state index contributed by atoms with van der Waals surface area (Å²) in [5, 5.41) is 6.25. The van der Waals surface area contributed by atoms with Gasteiger partial charge < -0.3 is 15.4 Å². The van der Waals surface area contributed by atoms with Crippen LogP contribution < -0.4 is 15.4 Å². The van der Waals surface area contributed by atoms with Gasteiger partial charge in [-0.05, 0) is 32.0 Å². The third-order valence-corrected chi connectivity index (χ3v) is 4.08. The van der Waals surface area contributed by atoms with Gasteiger partial charge in [-0.1, -0.05) is 23.2 Å². The molecule has 1 aromatic heterocycles. The molecule has 7 heteroatoms. The number of anilines is 1. The summed E-state index contributed by atoms with van der Waals surface area (Å²) < 4.78 is 5.35. The molecule has 23 heavy (non-hydrogen) atoms. The van der Waals surface area contributed by atoms with E-state index in [2.05, 4.69) is 15.6 Å². The Morgan fingerprint density at radius 3 is 2.65 bits per heavy atom. The fourth-order valence-electron chi connectivity index (χ4n) is 2.16. The molecule has 0 aliphatic heterocycles.